The second-order valence-electron chi connectivity index (χ2n) is 6.06. The lowest BCUT2D eigenvalue weighted by Gasteiger charge is -2.33. The van der Waals surface area contributed by atoms with Gasteiger partial charge in [-0.25, -0.2) is 0 Å². The highest BCUT2D eigenvalue weighted by Gasteiger charge is 2.20. The van der Waals surface area contributed by atoms with Crippen LogP contribution in [0, 0.1) is 0 Å². The molecule has 2 aliphatic rings. The molecule has 2 aliphatic heterocycles. The molecule has 3 rings (SSSR count). The Morgan fingerprint density at radius 2 is 1.75 bits per heavy atom. The van der Waals surface area contributed by atoms with Crippen molar-refractivity contribution in [3.63, 3.8) is 0 Å². The third-order valence-corrected chi connectivity index (χ3v) is 4.75. The van der Waals surface area contributed by atoms with Crippen LogP contribution in [0.25, 0.3) is 0 Å². The number of anilines is 2. The minimum Gasteiger partial charge on any atom is -0.381 e. The lowest BCUT2D eigenvalue weighted by molar-refractivity contribution is 0.229. The van der Waals surface area contributed by atoms with Gasteiger partial charge >= 0.3 is 0 Å². The summed E-state index contributed by atoms with van der Waals surface area (Å²) in [5, 5.41) is 3.80. The minimum atomic E-state index is 0.640. The molecular formula is C17H27N3. The highest BCUT2D eigenvalue weighted by molar-refractivity contribution is 5.70. The lowest BCUT2D eigenvalue weighted by Crippen LogP contribution is -2.39. The van der Waals surface area contributed by atoms with Gasteiger partial charge < -0.3 is 15.1 Å². The van der Waals surface area contributed by atoms with Crippen molar-refractivity contribution in [1.82, 2.24) is 4.90 Å². The zero-order chi connectivity index (χ0) is 13.8. The maximum atomic E-state index is 3.80. The van der Waals surface area contributed by atoms with Gasteiger partial charge in [0.2, 0.25) is 0 Å². The minimum absolute atomic E-state index is 0.640. The number of hydrogen-bond donors (Lipinski definition) is 1. The molecule has 2 saturated heterocycles. The maximum absolute atomic E-state index is 3.80. The van der Waals surface area contributed by atoms with Crippen LogP contribution in [-0.2, 0) is 0 Å². The van der Waals surface area contributed by atoms with E-state index in [0.717, 1.165) is 0 Å². The fourth-order valence-corrected chi connectivity index (χ4v) is 3.44. The molecule has 0 amide bonds. The Balaban J connectivity index is 1.65. The zero-order valence-corrected chi connectivity index (χ0v) is 12.6. The van der Waals surface area contributed by atoms with E-state index >= 15 is 0 Å². The number of nitrogens with zero attached hydrogens (tertiary/aromatic N) is 2. The van der Waals surface area contributed by atoms with Gasteiger partial charge in [0.1, 0.15) is 0 Å². The van der Waals surface area contributed by atoms with Crippen molar-refractivity contribution < 1.29 is 0 Å². The predicted octanol–water partition coefficient (Wildman–Crippen LogP) is 3.18. The smallest absolute Gasteiger partial charge is 0.0602 e. The number of likely N-dealkylation sites (tertiary alicyclic amines) is 1. The quantitative estimate of drug-likeness (QED) is 0.909. The summed E-state index contributed by atoms with van der Waals surface area (Å²) in [5.74, 6) is 0. The standard InChI is InChI=1S/C17H27N3/c1-2-19-13-9-15(10-14-19)18-16-7-3-4-8-17(16)20-11-5-6-12-20/h3-4,7-8,15,18H,2,5-6,9-14H2,1H3. The summed E-state index contributed by atoms with van der Waals surface area (Å²) in [7, 11) is 0. The Bertz CT molecular complexity index is 418. The molecule has 1 aromatic rings. The average Bonchev–Trinajstić information content (AvgIpc) is 3.03. The van der Waals surface area contributed by atoms with Crippen molar-refractivity contribution >= 4 is 11.4 Å². The van der Waals surface area contributed by atoms with Crippen molar-refractivity contribution in [2.24, 2.45) is 0 Å². The van der Waals surface area contributed by atoms with Crippen molar-refractivity contribution in [2.75, 3.05) is 42.9 Å². The van der Waals surface area contributed by atoms with Crippen LogP contribution in [-0.4, -0.2) is 43.7 Å². The van der Waals surface area contributed by atoms with Gasteiger partial charge in [-0.1, -0.05) is 19.1 Å². The second kappa shape index (κ2) is 6.49. The number of benzene rings is 1. The first-order valence-corrected chi connectivity index (χ1v) is 8.19. The van der Waals surface area contributed by atoms with Gasteiger partial charge in [0.15, 0.2) is 0 Å². The molecule has 0 aromatic heterocycles. The topological polar surface area (TPSA) is 18.5 Å². The third-order valence-electron chi connectivity index (χ3n) is 4.75. The van der Waals surface area contributed by atoms with E-state index < -0.39 is 0 Å². The van der Waals surface area contributed by atoms with E-state index in [9.17, 15) is 0 Å². The molecule has 2 heterocycles. The summed E-state index contributed by atoms with van der Waals surface area (Å²) in [6.45, 7) is 8.35. The molecule has 20 heavy (non-hydrogen) atoms. The van der Waals surface area contributed by atoms with Crippen molar-refractivity contribution in [1.29, 1.82) is 0 Å². The van der Waals surface area contributed by atoms with E-state index in [1.54, 1.807) is 0 Å². The number of piperidine rings is 1. The molecule has 0 aliphatic carbocycles. The first-order chi connectivity index (χ1) is 9.86. The van der Waals surface area contributed by atoms with E-state index in [1.165, 1.54) is 69.8 Å². The van der Waals surface area contributed by atoms with Crippen LogP contribution < -0.4 is 10.2 Å². The molecule has 2 fully saturated rings. The predicted molar refractivity (Wildman–Crippen MR) is 86.6 cm³/mol. The molecule has 3 nitrogen and oxygen atoms in total. The molecule has 1 aromatic carbocycles. The van der Waals surface area contributed by atoms with Gasteiger partial charge in [-0.2, -0.15) is 0 Å². The Labute approximate surface area is 123 Å². The summed E-state index contributed by atoms with van der Waals surface area (Å²) >= 11 is 0. The molecule has 1 N–H and O–H groups in total. The van der Waals surface area contributed by atoms with Gasteiger partial charge in [-0.15, -0.1) is 0 Å². The summed E-state index contributed by atoms with van der Waals surface area (Å²) in [6, 6.07) is 9.48. The Hall–Kier alpha value is -1.22. The first-order valence-electron chi connectivity index (χ1n) is 8.19. The molecule has 3 heteroatoms. The molecule has 0 atom stereocenters. The monoisotopic (exact) mass is 273 g/mol. The van der Waals surface area contributed by atoms with Crippen LogP contribution in [0.2, 0.25) is 0 Å². The Kier molecular flexibility index (Phi) is 4.46. The van der Waals surface area contributed by atoms with Crippen LogP contribution in [0.1, 0.15) is 32.6 Å². The summed E-state index contributed by atoms with van der Waals surface area (Å²) in [6.07, 6.45) is 5.21. The fourth-order valence-electron chi connectivity index (χ4n) is 3.44. The molecule has 0 saturated carbocycles. The Morgan fingerprint density at radius 3 is 2.45 bits per heavy atom. The van der Waals surface area contributed by atoms with Gasteiger partial charge in [0, 0.05) is 32.2 Å². The van der Waals surface area contributed by atoms with E-state index in [2.05, 4.69) is 46.3 Å². The number of para-hydroxylation sites is 2. The summed E-state index contributed by atoms with van der Waals surface area (Å²) < 4.78 is 0. The van der Waals surface area contributed by atoms with Crippen LogP contribution in [0.5, 0.6) is 0 Å². The third kappa shape index (κ3) is 3.09. The van der Waals surface area contributed by atoms with Gasteiger partial charge in [-0.3, -0.25) is 0 Å². The van der Waals surface area contributed by atoms with E-state index in [-0.39, 0.29) is 0 Å². The highest BCUT2D eigenvalue weighted by Crippen LogP contribution is 2.30. The van der Waals surface area contributed by atoms with Gasteiger partial charge in [-0.05, 0) is 44.4 Å². The van der Waals surface area contributed by atoms with E-state index in [0.29, 0.717) is 6.04 Å². The summed E-state index contributed by atoms with van der Waals surface area (Å²) in [4.78, 5) is 5.08. The zero-order valence-electron chi connectivity index (χ0n) is 12.6. The molecule has 110 valence electrons. The Morgan fingerprint density at radius 1 is 1.05 bits per heavy atom. The largest absolute Gasteiger partial charge is 0.381 e. The van der Waals surface area contributed by atoms with Crippen molar-refractivity contribution in [2.45, 2.75) is 38.6 Å². The van der Waals surface area contributed by atoms with Crippen molar-refractivity contribution in [3.05, 3.63) is 24.3 Å². The second-order valence-corrected chi connectivity index (χ2v) is 6.06. The van der Waals surface area contributed by atoms with Gasteiger partial charge in [0.05, 0.1) is 11.4 Å². The summed E-state index contributed by atoms with van der Waals surface area (Å²) in [5.41, 5.74) is 2.74. The van der Waals surface area contributed by atoms with Gasteiger partial charge in [0.25, 0.3) is 0 Å². The molecular weight excluding hydrogens is 246 g/mol. The molecule has 0 bridgehead atoms. The normalized spacial score (nSPS) is 21.4. The van der Waals surface area contributed by atoms with Crippen LogP contribution in [0.15, 0.2) is 24.3 Å². The van der Waals surface area contributed by atoms with Crippen LogP contribution >= 0.6 is 0 Å². The average molecular weight is 273 g/mol. The molecule has 0 radical (unpaired) electrons. The number of rotatable bonds is 4. The van der Waals surface area contributed by atoms with Crippen LogP contribution in [0.3, 0.4) is 0 Å². The van der Waals surface area contributed by atoms with E-state index in [1.807, 2.05) is 0 Å². The fraction of sp³-hybridized carbons (Fsp3) is 0.647. The lowest BCUT2D eigenvalue weighted by atomic mass is 10.0. The SMILES string of the molecule is CCN1CCC(Nc2ccccc2N2CCCC2)CC1. The van der Waals surface area contributed by atoms with Crippen molar-refractivity contribution in [3.8, 4) is 0 Å². The number of hydrogen-bond acceptors (Lipinski definition) is 3. The maximum Gasteiger partial charge on any atom is 0.0602 e. The number of nitrogens with one attached hydrogen (secondary N) is 1. The van der Waals surface area contributed by atoms with Crippen LogP contribution in [0.4, 0.5) is 11.4 Å². The van der Waals surface area contributed by atoms with E-state index in [4.69, 9.17) is 0 Å². The molecule has 0 spiro atoms. The highest BCUT2D eigenvalue weighted by atomic mass is 15.2. The first kappa shape index (κ1) is 13.7. The molecule has 0 unspecified atom stereocenters.